The predicted octanol–water partition coefficient (Wildman–Crippen LogP) is 3.38. The molecule has 0 bridgehead atoms. The maximum Gasteiger partial charge on any atom is 0.223 e. The summed E-state index contributed by atoms with van der Waals surface area (Å²) in [4.78, 5) is 23.7. The van der Waals surface area contributed by atoms with Gasteiger partial charge >= 0.3 is 0 Å². The summed E-state index contributed by atoms with van der Waals surface area (Å²) in [7, 11) is 0. The third kappa shape index (κ3) is 2.02. The van der Waals surface area contributed by atoms with Crippen LogP contribution in [0.3, 0.4) is 0 Å². The first-order chi connectivity index (χ1) is 10.3. The van der Waals surface area contributed by atoms with Crippen molar-refractivity contribution in [3.8, 4) is 0 Å². The summed E-state index contributed by atoms with van der Waals surface area (Å²) in [5.74, 6) is 0.245. The molecule has 0 heterocycles. The van der Waals surface area contributed by atoms with Crippen molar-refractivity contribution in [2.45, 2.75) is 58.3 Å². The molecule has 1 fully saturated rings. The number of benzene rings is 1. The fourth-order valence-corrected chi connectivity index (χ4v) is 5.01. The third-order valence-corrected chi connectivity index (χ3v) is 6.32. The summed E-state index contributed by atoms with van der Waals surface area (Å²) in [5.41, 5.74) is 8.73. The van der Waals surface area contributed by atoms with Crippen LogP contribution in [0.4, 0.5) is 0 Å². The number of ketones is 1. The van der Waals surface area contributed by atoms with Gasteiger partial charge in [0.25, 0.3) is 0 Å². The Morgan fingerprint density at radius 3 is 2.59 bits per heavy atom. The summed E-state index contributed by atoms with van der Waals surface area (Å²) in [6, 6.07) is 6.10. The van der Waals surface area contributed by atoms with Crippen LogP contribution in [0.2, 0.25) is 0 Å². The molecular weight excluding hydrogens is 274 g/mol. The van der Waals surface area contributed by atoms with Gasteiger partial charge in [0, 0.05) is 11.0 Å². The lowest BCUT2D eigenvalue weighted by atomic mass is 9.49. The van der Waals surface area contributed by atoms with Gasteiger partial charge in [0.05, 0.1) is 0 Å². The van der Waals surface area contributed by atoms with E-state index >= 15 is 0 Å². The molecule has 3 rings (SSSR count). The number of aryl methyl sites for hydroxylation is 1. The summed E-state index contributed by atoms with van der Waals surface area (Å²) in [6.45, 7) is 5.94. The Morgan fingerprint density at radius 2 is 1.95 bits per heavy atom. The topological polar surface area (TPSA) is 60.2 Å². The molecule has 2 N–H and O–H groups in total. The maximum absolute atomic E-state index is 12.1. The third-order valence-electron chi connectivity index (χ3n) is 6.32. The smallest absolute Gasteiger partial charge is 0.223 e. The quantitative estimate of drug-likeness (QED) is 0.851. The van der Waals surface area contributed by atoms with Crippen molar-refractivity contribution in [1.29, 1.82) is 0 Å². The average Bonchev–Trinajstić information content (AvgIpc) is 2.46. The second-order valence-corrected chi connectivity index (χ2v) is 7.57. The number of amides is 1. The van der Waals surface area contributed by atoms with Crippen molar-refractivity contribution in [2.75, 3.05) is 0 Å². The highest BCUT2D eigenvalue weighted by atomic mass is 16.1. The number of carbonyl (C=O) groups is 2. The molecule has 1 amide bonds. The molecular formula is C19H25NO2. The fraction of sp³-hybridized carbons (Fsp3) is 0.579. The molecule has 0 radical (unpaired) electrons. The number of hydrogen-bond donors (Lipinski definition) is 1. The largest absolute Gasteiger partial charge is 0.369 e. The number of nitrogens with two attached hydrogens (primary N) is 1. The number of rotatable bonds is 2. The van der Waals surface area contributed by atoms with Crippen molar-refractivity contribution < 1.29 is 9.59 Å². The van der Waals surface area contributed by atoms with Crippen LogP contribution in [0.5, 0.6) is 0 Å². The second kappa shape index (κ2) is 4.94. The van der Waals surface area contributed by atoms with E-state index < -0.39 is 5.41 Å². The zero-order valence-corrected chi connectivity index (χ0v) is 13.7. The van der Waals surface area contributed by atoms with Crippen LogP contribution < -0.4 is 5.73 Å². The van der Waals surface area contributed by atoms with Crippen molar-refractivity contribution in [1.82, 2.24) is 0 Å². The van der Waals surface area contributed by atoms with Crippen LogP contribution >= 0.6 is 0 Å². The highest BCUT2D eigenvalue weighted by molar-refractivity contribution is 5.94. The average molecular weight is 299 g/mol. The molecule has 3 atom stereocenters. The van der Waals surface area contributed by atoms with E-state index in [9.17, 15) is 9.59 Å². The van der Waals surface area contributed by atoms with E-state index in [1.165, 1.54) is 11.1 Å². The van der Waals surface area contributed by atoms with Crippen LogP contribution in [0.1, 0.15) is 67.9 Å². The van der Waals surface area contributed by atoms with Crippen molar-refractivity contribution in [2.24, 2.45) is 17.1 Å². The van der Waals surface area contributed by atoms with Gasteiger partial charge in [-0.3, -0.25) is 9.59 Å². The Bertz CT molecular complexity index is 651. The Morgan fingerprint density at radius 1 is 1.23 bits per heavy atom. The minimum Gasteiger partial charge on any atom is -0.369 e. The van der Waals surface area contributed by atoms with Crippen molar-refractivity contribution >= 4 is 11.7 Å². The van der Waals surface area contributed by atoms with Gasteiger partial charge < -0.3 is 5.73 Å². The molecule has 22 heavy (non-hydrogen) atoms. The van der Waals surface area contributed by atoms with Gasteiger partial charge in [-0.1, -0.05) is 32.4 Å². The second-order valence-electron chi connectivity index (χ2n) is 7.57. The van der Waals surface area contributed by atoms with Crippen LogP contribution in [0.15, 0.2) is 18.2 Å². The van der Waals surface area contributed by atoms with E-state index in [-0.39, 0.29) is 17.1 Å². The Hall–Kier alpha value is -1.64. The van der Waals surface area contributed by atoms with Crippen LogP contribution in [-0.4, -0.2) is 11.7 Å². The summed E-state index contributed by atoms with van der Waals surface area (Å²) >= 11 is 0. The molecule has 3 nitrogen and oxygen atoms in total. The monoisotopic (exact) mass is 299 g/mol. The maximum atomic E-state index is 12.1. The first-order valence-electron chi connectivity index (χ1n) is 8.23. The SMILES string of the molecule is CC(=O)c1ccc2c(c1)CCC1C(C)(C(N)=O)CCCC21C. The summed E-state index contributed by atoms with van der Waals surface area (Å²) in [6.07, 6.45) is 4.92. The van der Waals surface area contributed by atoms with Gasteiger partial charge in [-0.2, -0.15) is 0 Å². The first-order valence-corrected chi connectivity index (χ1v) is 8.23. The van der Waals surface area contributed by atoms with Crippen LogP contribution in [-0.2, 0) is 16.6 Å². The van der Waals surface area contributed by atoms with Gasteiger partial charge in [0.15, 0.2) is 5.78 Å². The predicted molar refractivity (Wildman–Crippen MR) is 86.8 cm³/mol. The van der Waals surface area contributed by atoms with Crippen molar-refractivity contribution in [3.05, 3.63) is 34.9 Å². The normalized spacial score (nSPS) is 33.7. The zero-order valence-electron chi connectivity index (χ0n) is 13.7. The van der Waals surface area contributed by atoms with E-state index in [2.05, 4.69) is 19.1 Å². The molecule has 0 aromatic heterocycles. The van der Waals surface area contributed by atoms with E-state index in [0.29, 0.717) is 5.92 Å². The molecule has 3 unspecified atom stereocenters. The molecule has 2 aliphatic rings. The van der Waals surface area contributed by atoms with Gasteiger partial charge in [-0.25, -0.2) is 0 Å². The molecule has 1 saturated carbocycles. The molecule has 3 heteroatoms. The number of Topliss-reactive ketones (excluding diaryl/α,β-unsaturated/α-hetero) is 1. The van der Waals surface area contributed by atoms with Gasteiger partial charge in [0.1, 0.15) is 0 Å². The van der Waals surface area contributed by atoms with Crippen LogP contribution in [0, 0.1) is 11.3 Å². The lowest BCUT2D eigenvalue weighted by molar-refractivity contribution is -0.135. The number of fused-ring (bicyclic) bond motifs is 3. The molecule has 0 aliphatic heterocycles. The molecule has 1 aromatic rings. The number of hydrogen-bond acceptors (Lipinski definition) is 2. The molecule has 118 valence electrons. The minimum atomic E-state index is -0.413. The molecule has 1 aromatic carbocycles. The Kier molecular flexibility index (Phi) is 3.42. The number of primary amides is 1. The highest BCUT2D eigenvalue weighted by Crippen LogP contribution is 2.57. The highest BCUT2D eigenvalue weighted by Gasteiger charge is 2.54. The fourth-order valence-electron chi connectivity index (χ4n) is 5.01. The Balaban J connectivity index is 2.09. The first kappa shape index (κ1) is 15.3. The minimum absolute atomic E-state index is 0.00900. The van der Waals surface area contributed by atoms with E-state index in [1.807, 2.05) is 13.0 Å². The summed E-state index contributed by atoms with van der Waals surface area (Å²) < 4.78 is 0. The van der Waals surface area contributed by atoms with Gasteiger partial charge in [-0.15, -0.1) is 0 Å². The summed E-state index contributed by atoms with van der Waals surface area (Å²) in [5, 5.41) is 0. The Labute approximate surface area is 132 Å². The standard InChI is InChI=1S/C19H25NO2/c1-12(21)13-5-7-15-14(11-13)6-8-16-18(15,2)9-4-10-19(16,3)17(20)22/h5,7,11,16H,4,6,8-10H2,1-3H3,(H2,20,22). The van der Waals surface area contributed by atoms with E-state index in [1.54, 1.807) is 6.92 Å². The van der Waals surface area contributed by atoms with Crippen LogP contribution in [0.25, 0.3) is 0 Å². The van der Waals surface area contributed by atoms with Gasteiger partial charge in [0.2, 0.25) is 5.91 Å². The lowest BCUT2D eigenvalue weighted by Crippen LogP contribution is -2.54. The zero-order chi connectivity index (χ0) is 16.1. The number of carbonyl (C=O) groups excluding carboxylic acids is 2. The van der Waals surface area contributed by atoms with E-state index in [4.69, 9.17) is 5.73 Å². The molecule has 2 aliphatic carbocycles. The van der Waals surface area contributed by atoms with Gasteiger partial charge in [-0.05, 0) is 61.1 Å². The lowest BCUT2D eigenvalue weighted by Gasteiger charge is -2.54. The van der Waals surface area contributed by atoms with Crippen molar-refractivity contribution in [3.63, 3.8) is 0 Å². The molecule has 0 saturated heterocycles. The van der Waals surface area contributed by atoms with E-state index in [0.717, 1.165) is 37.7 Å². The molecule has 0 spiro atoms.